The van der Waals surface area contributed by atoms with Gasteiger partial charge >= 0.3 is 0 Å². The summed E-state index contributed by atoms with van der Waals surface area (Å²) in [4.78, 5) is 16.0. The summed E-state index contributed by atoms with van der Waals surface area (Å²) < 4.78 is 5.50. The van der Waals surface area contributed by atoms with Gasteiger partial charge in [-0.2, -0.15) is 4.98 Å². The zero-order chi connectivity index (χ0) is 17.1. The summed E-state index contributed by atoms with van der Waals surface area (Å²) in [5.74, 6) is 2.55. The van der Waals surface area contributed by atoms with Crippen LogP contribution in [0.2, 0.25) is 0 Å². The van der Waals surface area contributed by atoms with E-state index in [9.17, 15) is 0 Å². The van der Waals surface area contributed by atoms with E-state index in [0.717, 1.165) is 57.5 Å². The maximum absolute atomic E-state index is 5.50. The zero-order valence-corrected chi connectivity index (χ0v) is 14.6. The number of piperazine rings is 2. The van der Waals surface area contributed by atoms with Gasteiger partial charge in [0.05, 0.1) is 12.6 Å². The molecule has 25 heavy (non-hydrogen) atoms. The first-order valence-electron chi connectivity index (χ1n) is 8.91. The van der Waals surface area contributed by atoms with Crippen LogP contribution in [-0.4, -0.2) is 77.8 Å². The molecule has 0 aliphatic carbocycles. The Morgan fingerprint density at radius 2 is 2.08 bits per heavy atom. The van der Waals surface area contributed by atoms with E-state index in [1.807, 2.05) is 18.3 Å². The third-order valence-electron chi connectivity index (χ3n) is 5.00. The van der Waals surface area contributed by atoms with Crippen molar-refractivity contribution < 1.29 is 4.52 Å². The van der Waals surface area contributed by atoms with Crippen molar-refractivity contribution in [1.82, 2.24) is 30.2 Å². The quantitative estimate of drug-likeness (QED) is 0.853. The van der Waals surface area contributed by atoms with Gasteiger partial charge in [0.25, 0.3) is 0 Å². The van der Waals surface area contributed by atoms with E-state index < -0.39 is 0 Å². The molecule has 0 aromatic carbocycles. The van der Waals surface area contributed by atoms with E-state index in [4.69, 9.17) is 4.52 Å². The molecule has 134 valence electrons. The fourth-order valence-electron chi connectivity index (χ4n) is 3.43. The summed E-state index contributed by atoms with van der Waals surface area (Å²) in [6.07, 6.45) is 1.85. The maximum atomic E-state index is 5.50. The molecule has 4 heterocycles. The molecule has 2 fully saturated rings. The molecule has 4 rings (SSSR count). The minimum atomic E-state index is 0.201. The minimum absolute atomic E-state index is 0.201. The number of rotatable bonds is 4. The van der Waals surface area contributed by atoms with Crippen molar-refractivity contribution in [3.8, 4) is 0 Å². The minimum Gasteiger partial charge on any atom is -0.354 e. The normalized spacial score (nSPS) is 23.1. The number of anilines is 1. The van der Waals surface area contributed by atoms with Gasteiger partial charge in [0.2, 0.25) is 5.89 Å². The fraction of sp³-hybridized carbons (Fsp3) is 0.588. The van der Waals surface area contributed by atoms with E-state index >= 15 is 0 Å². The molecule has 2 aromatic rings. The molecule has 1 unspecified atom stereocenters. The Labute approximate surface area is 147 Å². The van der Waals surface area contributed by atoms with E-state index in [0.29, 0.717) is 12.4 Å². The van der Waals surface area contributed by atoms with Crippen LogP contribution in [0, 0.1) is 0 Å². The molecule has 2 aliphatic heterocycles. The molecule has 1 N–H and O–H groups in total. The van der Waals surface area contributed by atoms with Crippen LogP contribution >= 0.6 is 0 Å². The van der Waals surface area contributed by atoms with Crippen LogP contribution in [0.3, 0.4) is 0 Å². The summed E-state index contributed by atoms with van der Waals surface area (Å²) in [6.45, 7) is 7.48. The van der Waals surface area contributed by atoms with Gasteiger partial charge in [-0.25, -0.2) is 4.98 Å². The van der Waals surface area contributed by atoms with Crippen LogP contribution in [-0.2, 0) is 6.54 Å². The number of aromatic nitrogens is 3. The lowest BCUT2D eigenvalue weighted by Crippen LogP contribution is -2.46. The topological polar surface area (TPSA) is 73.6 Å². The third-order valence-corrected chi connectivity index (χ3v) is 5.00. The van der Waals surface area contributed by atoms with Gasteiger partial charge < -0.3 is 14.7 Å². The average molecular weight is 343 g/mol. The molecular formula is C17H25N7O. The molecule has 2 saturated heterocycles. The van der Waals surface area contributed by atoms with Gasteiger partial charge in [0.1, 0.15) is 5.82 Å². The largest absolute Gasteiger partial charge is 0.354 e. The lowest BCUT2D eigenvalue weighted by Gasteiger charge is -2.34. The Balaban J connectivity index is 1.32. The average Bonchev–Trinajstić information content (AvgIpc) is 3.12. The van der Waals surface area contributed by atoms with E-state index in [2.05, 4.69) is 48.3 Å². The monoisotopic (exact) mass is 343 g/mol. The van der Waals surface area contributed by atoms with Crippen LogP contribution in [0.4, 0.5) is 5.82 Å². The lowest BCUT2D eigenvalue weighted by atomic mass is 10.2. The smallest absolute Gasteiger partial charge is 0.240 e. The van der Waals surface area contributed by atoms with Crippen molar-refractivity contribution >= 4 is 5.82 Å². The molecular weight excluding hydrogens is 318 g/mol. The van der Waals surface area contributed by atoms with Crippen molar-refractivity contribution in [3.63, 3.8) is 0 Å². The van der Waals surface area contributed by atoms with Crippen LogP contribution in [0.5, 0.6) is 0 Å². The van der Waals surface area contributed by atoms with Crippen molar-refractivity contribution in [2.45, 2.75) is 12.6 Å². The highest BCUT2D eigenvalue weighted by atomic mass is 16.5. The van der Waals surface area contributed by atoms with E-state index in [1.54, 1.807) is 0 Å². The lowest BCUT2D eigenvalue weighted by molar-refractivity contribution is 0.189. The molecule has 0 radical (unpaired) electrons. The Morgan fingerprint density at radius 1 is 1.20 bits per heavy atom. The number of hydrogen-bond acceptors (Lipinski definition) is 8. The Hall–Kier alpha value is -2.03. The summed E-state index contributed by atoms with van der Waals surface area (Å²) >= 11 is 0. The summed E-state index contributed by atoms with van der Waals surface area (Å²) in [5, 5.41) is 7.59. The summed E-state index contributed by atoms with van der Waals surface area (Å²) in [5.41, 5.74) is 0. The molecule has 1 atom stereocenters. The van der Waals surface area contributed by atoms with Gasteiger partial charge in [-0.15, -0.1) is 0 Å². The summed E-state index contributed by atoms with van der Waals surface area (Å²) in [7, 11) is 2.11. The fourth-order valence-corrected chi connectivity index (χ4v) is 3.43. The van der Waals surface area contributed by atoms with Gasteiger partial charge in [-0.1, -0.05) is 11.2 Å². The highest BCUT2D eigenvalue weighted by Gasteiger charge is 2.26. The number of nitrogens with one attached hydrogen (secondary N) is 1. The van der Waals surface area contributed by atoms with Crippen molar-refractivity contribution in [2.24, 2.45) is 0 Å². The summed E-state index contributed by atoms with van der Waals surface area (Å²) in [6, 6.07) is 6.25. The van der Waals surface area contributed by atoms with Gasteiger partial charge in [0, 0.05) is 52.0 Å². The Morgan fingerprint density at radius 3 is 2.84 bits per heavy atom. The highest BCUT2D eigenvalue weighted by molar-refractivity contribution is 5.38. The molecule has 0 saturated carbocycles. The number of nitrogens with zero attached hydrogens (tertiary/aromatic N) is 6. The first-order valence-corrected chi connectivity index (χ1v) is 8.91. The van der Waals surface area contributed by atoms with E-state index in [-0.39, 0.29) is 6.04 Å². The van der Waals surface area contributed by atoms with E-state index in [1.165, 1.54) is 0 Å². The van der Waals surface area contributed by atoms with Crippen molar-refractivity contribution in [3.05, 3.63) is 36.1 Å². The van der Waals surface area contributed by atoms with Crippen molar-refractivity contribution in [2.75, 3.05) is 57.8 Å². The second-order valence-electron chi connectivity index (χ2n) is 6.70. The Kier molecular flexibility index (Phi) is 4.91. The second-order valence-corrected chi connectivity index (χ2v) is 6.70. The van der Waals surface area contributed by atoms with Crippen LogP contribution in [0.15, 0.2) is 28.9 Å². The third kappa shape index (κ3) is 3.81. The van der Waals surface area contributed by atoms with Gasteiger partial charge in [-0.05, 0) is 19.2 Å². The predicted molar refractivity (Wildman–Crippen MR) is 94.3 cm³/mol. The standard InChI is InChI=1S/C17H25N7O/c1-22-7-6-18-12-14(22)17-20-16(25-21-17)13-23-8-10-24(11-9-23)15-4-2-3-5-19-15/h2-5,14,18H,6-13H2,1H3. The van der Waals surface area contributed by atoms with Gasteiger partial charge in [0.15, 0.2) is 5.82 Å². The second kappa shape index (κ2) is 7.47. The first kappa shape index (κ1) is 16.4. The molecule has 2 aliphatic rings. The van der Waals surface area contributed by atoms with Crippen molar-refractivity contribution in [1.29, 1.82) is 0 Å². The predicted octanol–water partition coefficient (Wildman–Crippen LogP) is 0.363. The Bertz CT molecular complexity index is 669. The molecule has 2 aromatic heterocycles. The maximum Gasteiger partial charge on any atom is 0.240 e. The molecule has 0 amide bonds. The zero-order valence-electron chi connectivity index (χ0n) is 14.6. The number of pyridine rings is 1. The number of hydrogen-bond donors (Lipinski definition) is 1. The first-order chi connectivity index (χ1) is 12.3. The van der Waals surface area contributed by atoms with Crippen LogP contribution in [0.1, 0.15) is 17.8 Å². The van der Waals surface area contributed by atoms with Crippen LogP contribution in [0.25, 0.3) is 0 Å². The number of likely N-dealkylation sites (N-methyl/N-ethyl adjacent to an activating group) is 1. The molecule has 8 heteroatoms. The SMILES string of the molecule is CN1CCNCC1c1noc(CN2CCN(c3ccccn3)CC2)n1. The molecule has 0 spiro atoms. The van der Waals surface area contributed by atoms with Gasteiger partial charge in [-0.3, -0.25) is 9.80 Å². The molecule has 0 bridgehead atoms. The molecule has 8 nitrogen and oxygen atoms in total. The highest BCUT2D eigenvalue weighted by Crippen LogP contribution is 2.19. The van der Waals surface area contributed by atoms with Crippen LogP contribution < -0.4 is 10.2 Å².